The van der Waals surface area contributed by atoms with E-state index in [1.807, 2.05) is 0 Å². The molecule has 0 aliphatic heterocycles. The topological polar surface area (TPSA) is 77.5 Å². The van der Waals surface area contributed by atoms with Gasteiger partial charge in [-0.15, -0.1) is 0 Å². The maximum atomic E-state index is 12.4. The highest BCUT2D eigenvalue weighted by Gasteiger charge is 2.32. The molecule has 0 aliphatic rings. The number of carbonyl (C=O) groups is 2. The van der Waals surface area contributed by atoms with E-state index >= 15 is 0 Å². The van der Waals surface area contributed by atoms with Gasteiger partial charge in [0.2, 0.25) is 0 Å². The van der Waals surface area contributed by atoms with E-state index in [0.29, 0.717) is 0 Å². The standard InChI is InChI=1S/C14H15F3N2O4/c1-3-22-12(20)10(13(21)23-4-2)8-18-9-5-6-11(19-7-9)14(15,16)17/h5-8,18H,3-4H2,1-2H3. The zero-order chi connectivity index (χ0) is 17.5. The average molecular weight is 332 g/mol. The lowest BCUT2D eigenvalue weighted by Gasteiger charge is -2.08. The number of alkyl halides is 3. The second-order valence-electron chi connectivity index (χ2n) is 4.07. The molecule has 0 fully saturated rings. The van der Waals surface area contributed by atoms with Gasteiger partial charge < -0.3 is 14.8 Å². The van der Waals surface area contributed by atoms with E-state index in [1.54, 1.807) is 13.8 Å². The van der Waals surface area contributed by atoms with Crippen molar-refractivity contribution < 1.29 is 32.2 Å². The zero-order valence-corrected chi connectivity index (χ0v) is 12.4. The van der Waals surface area contributed by atoms with Gasteiger partial charge in [-0.2, -0.15) is 13.2 Å². The summed E-state index contributed by atoms with van der Waals surface area (Å²) in [6.45, 7) is 3.23. The summed E-state index contributed by atoms with van der Waals surface area (Å²) in [5.41, 5.74) is -1.30. The summed E-state index contributed by atoms with van der Waals surface area (Å²) in [5.74, 6) is -1.81. The number of halogens is 3. The lowest BCUT2D eigenvalue weighted by atomic mass is 10.3. The summed E-state index contributed by atoms with van der Waals surface area (Å²) >= 11 is 0. The number of anilines is 1. The Morgan fingerprint density at radius 1 is 1.17 bits per heavy atom. The number of rotatable bonds is 6. The van der Waals surface area contributed by atoms with Crippen molar-refractivity contribution in [3.63, 3.8) is 0 Å². The first-order valence-corrected chi connectivity index (χ1v) is 6.63. The van der Waals surface area contributed by atoms with E-state index < -0.39 is 29.4 Å². The van der Waals surface area contributed by atoms with E-state index in [-0.39, 0.29) is 18.9 Å². The van der Waals surface area contributed by atoms with Crippen molar-refractivity contribution >= 4 is 17.6 Å². The Balaban J connectivity index is 2.91. The normalized spacial score (nSPS) is 10.7. The predicted molar refractivity (Wildman–Crippen MR) is 74.2 cm³/mol. The lowest BCUT2D eigenvalue weighted by Crippen LogP contribution is -2.19. The van der Waals surface area contributed by atoms with Crippen LogP contribution in [0.15, 0.2) is 30.1 Å². The van der Waals surface area contributed by atoms with Gasteiger partial charge in [-0.25, -0.2) is 14.6 Å². The van der Waals surface area contributed by atoms with E-state index in [9.17, 15) is 22.8 Å². The van der Waals surface area contributed by atoms with Crippen molar-refractivity contribution in [1.29, 1.82) is 0 Å². The molecule has 0 saturated heterocycles. The summed E-state index contributed by atoms with van der Waals surface area (Å²) in [5, 5.41) is 2.51. The van der Waals surface area contributed by atoms with E-state index in [4.69, 9.17) is 9.47 Å². The molecule has 0 aliphatic carbocycles. The number of hydrogen-bond acceptors (Lipinski definition) is 6. The van der Waals surface area contributed by atoms with Crippen LogP contribution in [-0.4, -0.2) is 30.1 Å². The first-order chi connectivity index (χ1) is 10.8. The number of esters is 2. The Labute approximate surface area is 130 Å². The molecule has 0 bridgehead atoms. The molecule has 0 radical (unpaired) electrons. The molecule has 0 atom stereocenters. The molecule has 9 heteroatoms. The minimum absolute atomic E-state index is 0.0530. The van der Waals surface area contributed by atoms with Crippen LogP contribution >= 0.6 is 0 Å². The van der Waals surface area contributed by atoms with Crippen molar-refractivity contribution in [2.45, 2.75) is 20.0 Å². The molecule has 1 aromatic heterocycles. The summed E-state index contributed by atoms with van der Waals surface area (Å²) in [4.78, 5) is 26.6. The van der Waals surface area contributed by atoms with Crippen molar-refractivity contribution in [3.8, 4) is 0 Å². The third-order valence-electron chi connectivity index (χ3n) is 2.43. The molecule has 1 aromatic rings. The molecule has 126 valence electrons. The number of nitrogens with one attached hydrogen (secondary N) is 1. The van der Waals surface area contributed by atoms with Gasteiger partial charge in [0.15, 0.2) is 5.57 Å². The molecule has 6 nitrogen and oxygen atoms in total. The molecule has 1 heterocycles. The highest BCUT2D eigenvalue weighted by Crippen LogP contribution is 2.27. The number of aromatic nitrogens is 1. The summed E-state index contributed by atoms with van der Waals surface area (Å²) in [6.07, 6.45) is -2.62. The van der Waals surface area contributed by atoms with Crippen LogP contribution in [0, 0.1) is 0 Å². The van der Waals surface area contributed by atoms with E-state index in [1.165, 1.54) is 0 Å². The molecule has 0 aromatic carbocycles. The largest absolute Gasteiger partial charge is 0.462 e. The predicted octanol–water partition coefficient (Wildman–Crippen LogP) is 2.52. The summed E-state index contributed by atoms with van der Waals surface area (Å²) < 4.78 is 46.6. The van der Waals surface area contributed by atoms with Gasteiger partial charge in [-0.05, 0) is 26.0 Å². The van der Waals surface area contributed by atoms with Gasteiger partial charge in [0, 0.05) is 6.20 Å². The molecule has 1 rings (SSSR count). The molecular weight excluding hydrogens is 317 g/mol. The van der Waals surface area contributed by atoms with Crippen molar-refractivity contribution in [3.05, 3.63) is 35.8 Å². The number of pyridine rings is 1. The second kappa shape index (κ2) is 8.16. The van der Waals surface area contributed by atoms with Crippen molar-refractivity contribution in [1.82, 2.24) is 4.98 Å². The molecule has 0 saturated carbocycles. The van der Waals surface area contributed by atoms with Gasteiger partial charge in [-0.3, -0.25) is 0 Å². The van der Waals surface area contributed by atoms with Crippen LogP contribution < -0.4 is 5.32 Å². The highest BCUT2D eigenvalue weighted by molar-refractivity contribution is 6.14. The number of carbonyl (C=O) groups excluding carboxylic acids is 2. The van der Waals surface area contributed by atoms with Gasteiger partial charge in [-0.1, -0.05) is 0 Å². The monoisotopic (exact) mass is 332 g/mol. The Morgan fingerprint density at radius 3 is 2.13 bits per heavy atom. The van der Waals surface area contributed by atoms with Crippen LogP contribution in [0.3, 0.4) is 0 Å². The molecular formula is C14H15F3N2O4. The quantitative estimate of drug-likeness (QED) is 0.373. The molecule has 23 heavy (non-hydrogen) atoms. The number of hydrogen-bond donors (Lipinski definition) is 1. The van der Waals surface area contributed by atoms with Gasteiger partial charge in [0.05, 0.1) is 25.1 Å². The minimum atomic E-state index is -4.55. The van der Waals surface area contributed by atoms with Gasteiger partial charge >= 0.3 is 18.1 Å². The van der Waals surface area contributed by atoms with E-state index in [0.717, 1.165) is 24.5 Å². The van der Waals surface area contributed by atoms with E-state index in [2.05, 4.69) is 10.3 Å². The van der Waals surface area contributed by atoms with Gasteiger partial charge in [0.1, 0.15) is 5.69 Å². The third-order valence-corrected chi connectivity index (χ3v) is 2.43. The van der Waals surface area contributed by atoms with Crippen LogP contribution in [0.1, 0.15) is 19.5 Å². The first kappa shape index (κ1) is 18.5. The average Bonchev–Trinajstić information content (AvgIpc) is 2.47. The fourth-order valence-corrected chi connectivity index (χ4v) is 1.42. The summed E-state index contributed by atoms with van der Waals surface area (Å²) in [6, 6.07) is 1.88. The Hall–Kier alpha value is -2.58. The lowest BCUT2D eigenvalue weighted by molar-refractivity contribution is -0.146. The minimum Gasteiger partial charge on any atom is -0.462 e. The summed E-state index contributed by atoms with van der Waals surface area (Å²) in [7, 11) is 0. The van der Waals surface area contributed by atoms with Crippen LogP contribution in [0.25, 0.3) is 0 Å². The zero-order valence-electron chi connectivity index (χ0n) is 12.4. The highest BCUT2D eigenvalue weighted by atomic mass is 19.4. The van der Waals surface area contributed by atoms with Crippen LogP contribution in [0.4, 0.5) is 18.9 Å². The Kier molecular flexibility index (Phi) is 6.55. The molecule has 0 amide bonds. The van der Waals surface area contributed by atoms with Crippen LogP contribution in [0.5, 0.6) is 0 Å². The number of nitrogens with zero attached hydrogens (tertiary/aromatic N) is 1. The molecule has 1 N–H and O–H groups in total. The number of ether oxygens (including phenoxy) is 2. The fraction of sp³-hybridized carbons (Fsp3) is 0.357. The SMILES string of the molecule is CCOC(=O)C(=CNc1ccc(C(F)(F)F)nc1)C(=O)OCC. The Morgan fingerprint density at radius 2 is 1.74 bits per heavy atom. The third kappa shape index (κ3) is 5.61. The maximum absolute atomic E-state index is 12.4. The van der Waals surface area contributed by atoms with Crippen molar-refractivity contribution in [2.75, 3.05) is 18.5 Å². The second-order valence-corrected chi connectivity index (χ2v) is 4.07. The van der Waals surface area contributed by atoms with Crippen LogP contribution in [0.2, 0.25) is 0 Å². The fourth-order valence-electron chi connectivity index (χ4n) is 1.42. The van der Waals surface area contributed by atoms with Crippen molar-refractivity contribution in [2.24, 2.45) is 0 Å². The van der Waals surface area contributed by atoms with Gasteiger partial charge in [0.25, 0.3) is 0 Å². The first-order valence-electron chi connectivity index (χ1n) is 6.63. The Bertz CT molecular complexity index is 563. The molecule has 0 unspecified atom stereocenters. The maximum Gasteiger partial charge on any atom is 0.433 e. The van der Waals surface area contributed by atoms with Crippen LogP contribution in [-0.2, 0) is 25.2 Å². The smallest absolute Gasteiger partial charge is 0.433 e. The molecule has 0 spiro atoms.